The molecular formula is C32H29ClF3O3P. The average molecular weight is 585 g/mol. The number of hydrogen-bond donors (Lipinski definition) is 0. The maximum absolute atomic E-state index is 15.6. The minimum Gasteiger partial charge on any atom is -0.835 e. The third-order valence-corrected chi connectivity index (χ3v) is 12.4. The van der Waals surface area contributed by atoms with Crippen molar-refractivity contribution in [2.75, 3.05) is 0 Å². The maximum Gasteiger partial charge on any atom is 0.389 e. The molecule has 0 aliphatic heterocycles. The molecule has 0 aliphatic rings. The van der Waals surface area contributed by atoms with Crippen LogP contribution in [0.3, 0.4) is 0 Å². The molecule has 2 atom stereocenters. The second-order valence-electron chi connectivity index (χ2n) is 10.3. The molecule has 8 heteroatoms. The van der Waals surface area contributed by atoms with Gasteiger partial charge in [-0.15, -0.1) is 0 Å². The van der Waals surface area contributed by atoms with E-state index >= 15 is 18.3 Å². The number of carbonyl (C=O) groups excluding carboxylic acids is 1. The third-order valence-electron chi connectivity index (χ3n) is 6.61. The average Bonchev–Trinajstić information content (AvgIpc) is 2.93. The summed E-state index contributed by atoms with van der Waals surface area (Å²) in [6, 6.07) is 31.1. The lowest BCUT2D eigenvalue weighted by molar-refractivity contribution is -0.551. The van der Waals surface area contributed by atoms with E-state index in [9.17, 15) is 4.79 Å². The first-order chi connectivity index (χ1) is 18.8. The fourth-order valence-electron chi connectivity index (χ4n) is 5.01. The number of hydrogen-bond acceptors (Lipinski definition) is 3. The van der Waals surface area contributed by atoms with Gasteiger partial charge in [-0.25, -0.2) is 4.79 Å². The molecular weight excluding hydrogens is 556 g/mol. The van der Waals surface area contributed by atoms with Gasteiger partial charge in [-0.2, -0.15) is 13.2 Å². The molecule has 0 aromatic heterocycles. The Morgan fingerprint density at radius 1 is 0.675 bits per heavy atom. The van der Waals surface area contributed by atoms with Gasteiger partial charge in [-0.1, -0.05) is 96.5 Å². The van der Waals surface area contributed by atoms with Crippen molar-refractivity contribution < 1.29 is 27.8 Å². The Kier molecular flexibility index (Phi) is 8.20. The van der Waals surface area contributed by atoms with Crippen molar-refractivity contribution in [3.8, 4) is 0 Å². The first-order valence-electron chi connectivity index (χ1n) is 12.6. The summed E-state index contributed by atoms with van der Waals surface area (Å²) in [4.78, 5) is 14.5. The Morgan fingerprint density at radius 3 is 1.30 bits per heavy atom. The van der Waals surface area contributed by atoms with Crippen LogP contribution < -0.4 is 21.0 Å². The van der Waals surface area contributed by atoms with E-state index in [1.165, 1.54) is 39.0 Å². The Balaban J connectivity index is 2.32. The summed E-state index contributed by atoms with van der Waals surface area (Å²) in [6.07, 6.45) is -5.52. The van der Waals surface area contributed by atoms with Gasteiger partial charge in [0.05, 0.1) is 5.60 Å². The summed E-state index contributed by atoms with van der Waals surface area (Å²) in [6.45, 7) is 4.58. The lowest BCUT2D eigenvalue weighted by Crippen LogP contribution is -2.72. The van der Waals surface area contributed by atoms with Crippen molar-refractivity contribution in [1.29, 1.82) is 0 Å². The zero-order chi connectivity index (χ0) is 29.2. The highest BCUT2D eigenvalue weighted by Crippen LogP contribution is 2.74. The molecule has 0 fully saturated rings. The van der Waals surface area contributed by atoms with Crippen molar-refractivity contribution in [1.82, 2.24) is 0 Å². The molecule has 0 spiro atoms. The van der Waals surface area contributed by atoms with Crippen LogP contribution in [0.1, 0.15) is 26.3 Å². The van der Waals surface area contributed by atoms with Gasteiger partial charge in [-0.3, -0.25) is 0 Å². The predicted molar refractivity (Wildman–Crippen MR) is 154 cm³/mol. The molecule has 208 valence electrons. The largest absolute Gasteiger partial charge is 0.835 e. The Labute approximate surface area is 237 Å². The Hall–Kier alpha value is -3.18. The van der Waals surface area contributed by atoms with Crippen molar-refractivity contribution in [3.63, 3.8) is 0 Å². The normalized spacial score (nSPS) is 15.5. The monoisotopic (exact) mass is 584 g/mol. The first-order valence-corrected chi connectivity index (χ1v) is 14.8. The number of alkyl halides is 4. The SMILES string of the molecule is CC(C)(C)OC(=O)C(Cl)(C([O-])(c1ccccc1)C(F)(F)F)[P+](c1ccccc1)(c1ccccc1)c1ccccc1. The molecule has 0 bridgehead atoms. The molecule has 3 nitrogen and oxygen atoms in total. The van der Waals surface area contributed by atoms with Gasteiger partial charge >= 0.3 is 12.1 Å². The number of carbonyl (C=O) groups is 1. The second-order valence-corrected chi connectivity index (χ2v) is 14.7. The lowest BCUT2D eigenvalue weighted by Gasteiger charge is -2.55. The van der Waals surface area contributed by atoms with Crippen LogP contribution in [0.5, 0.6) is 0 Å². The molecule has 0 saturated heterocycles. The van der Waals surface area contributed by atoms with Gasteiger partial charge in [0.15, 0.2) is 0 Å². The molecule has 40 heavy (non-hydrogen) atoms. The van der Waals surface area contributed by atoms with Crippen LogP contribution in [-0.4, -0.2) is 22.4 Å². The summed E-state index contributed by atoms with van der Waals surface area (Å²) < 4.78 is 49.2. The highest BCUT2D eigenvalue weighted by atomic mass is 35.5. The van der Waals surface area contributed by atoms with E-state index in [1.807, 2.05) is 0 Å². The second kappa shape index (κ2) is 11.0. The van der Waals surface area contributed by atoms with Gasteiger partial charge in [0.1, 0.15) is 28.8 Å². The van der Waals surface area contributed by atoms with E-state index in [0.29, 0.717) is 15.9 Å². The highest BCUT2D eigenvalue weighted by Gasteiger charge is 2.79. The van der Waals surface area contributed by atoms with E-state index in [2.05, 4.69) is 0 Å². The van der Waals surface area contributed by atoms with Gasteiger partial charge in [0.25, 0.3) is 4.62 Å². The van der Waals surface area contributed by atoms with Crippen LogP contribution in [-0.2, 0) is 15.1 Å². The molecule has 4 aromatic carbocycles. The standard InChI is InChI=1S/C32H29ClF3O3P/c1-29(2,3)39-28(37)31(33,30(38,32(34,35)36)24-16-8-4-9-17-24)40(25-18-10-5-11-19-25,26-20-12-6-13-21-26)27-22-14-7-15-23-27/h4-23H,1-3H3. The third kappa shape index (κ3) is 4.83. The molecule has 0 amide bonds. The number of benzene rings is 4. The molecule has 0 aliphatic carbocycles. The fourth-order valence-corrected chi connectivity index (χ4v) is 11.0. The maximum atomic E-state index is 15.6. The van der Waals surface area contributed by atoms with Crippen LogP contribution in [0.2, 0.25) is 0 Å². The van der Waals surface area contributed by atoms with Crippen LogP contribution in [0.15, 0.2) is 121 Å². The smallest absolute Gasteiger partial charge is 0.389 e. The fraction of sp³-hybridized carbons (Fsp3) is 0.219. The Bertz CT molecular complexity index is 1330. The lowest BCUT2D eigenvalue weighted by atomic mass is 9.88. The van der Waals surface area contributed by atoms with E-state index < -0.39 is 40.8 Å². The molecule has 4 aromatic rings. The first kappa shape index (κ1) is 29.8. The summed E-state index contributed by atoms with van der Waals surface area (Å²) >= 11 is 7.39. The van der Waals surface area contributed by atoms with Crippen LogP contribution in [0.4, 0.5) is 13.2 Å². The molecule has 0 saturated carbocycles. The topological polar surface area (TPSA) is 49.4 Å². The summed E-state index contributed by atoms with van der Waals surface area (Å²) in [7, 11) is -4.04. The van der Waals surface area contributed by atoms with E-state index in [1.54, 1.807) is 91.0 Å². The van der Waals surface area contributed by atoms with Crippen molar-refractivity contribution >= 4 is 40.7 Å². The predicted octanol–water partition coefficient (Wildman–Crippen LogP) is 6.08. The quantitative estimate of drug-likeness (QED) is 0.150. The van der Waals surface area contributed by atoms with Crippen LogP contribution in [0.25, 0.3) is 0 Å². The van der Waals surface area contributed by atoms with Crippen molar-refractivity contribution in [3.05, 3.63) is 127 Å². The van der Waals surface area contributed by atoms with Crippen molar-refractivity contribution in [2.45, 2.75) is 42.8 Å². The summed E-state index contributed by atoms with van der Waals surface area (Å²) in [5.74, 6) is -1.44. The van der Waals surface area contributed by atoms with Crippen LogP contribution in [0, 0.1) is 0 Å². The number of halogens is 4. The zero-order valence-electron chi connectivity index (χ0n) is 22.2. The number of esters is 1. The van der Waals surface area contributed by atoms with Crippen molar-refractivity contribution in [2.24, 2.45) is 0 Å². The van der Waals surface area contributed by atoms with Gasteiger partial charge in [-0.05, 0) is 62.7 Å². The Morgan fingerprint density at radius 2 is 1.00 bits per heavy atom. The minimum atomic E-state index is -5.52. The van der Waals surface area contributed by atoms with E-state index in [0.717, 1.165) is 12.1 Å². The van der Waals surface area contributed by atoms with Gasteiger partial charge in [0.2, 0.25) is 0 Å². The van der Waals surface area contributed by atoms with Gasteiger partial charge < -0.3 is 9.84 Å². The van der Waals surface area contributed by atoms with Crippen LogP contribution >= 0.6 is 18.9 Å². The number of ether oxygens (including phenoxy) is 1. The molecule has 0 heterocycles. The molecule has 0 radical (unpaired) electrons. The zero-order valence-corrected chi connectivity index (χ0v) is 23.9. The highest BCUT2D eigenvalue weighted by molar-refractivity contribution is 7.98. The molecule has 0 N–H and O–H groups in total. The van der Waals surface area contributed by atoms with E-state index in [-0.39, 0.29) is 0 Å². The van der Waals surface area contributed by atoms with E-state index in [4.69, 9.17) is 16.3 Å². The van der Waals surface area contributed by atoms with Gasteiger partial charge in [0, 0.05) is 0 Å². The summed E-state index contributed by atoms with van der Waals surface area (Å²) in [5.41, 5.74) is -6.07. The summed E-state index contributed by atoms with van der Waals surface area (Å²) in [5, 5.41) is 16.1. The molecule has 4 rings (SSSR count). The minimum absolute atomic E-state index is 0.327. The molecule has 2 unspecified atom stereocenters. The number of rotatable bonds is 7.